The lowest BCUT2D eigenvalue weighted by Gasteiger charge is -2.36. The smallest absolute Gasteiger partial charge is 0.405 e. The number of carboxylic acid groups (broad SMARTS) is 1. The molecule has 0 radical (unpaired) electrons. The predicted molar refractivity (Wildman–Crippen MR) is 112 cm³/mol. The molecule has 3 aromatic heterocycles. The molecule has 4 rings (SSSR count). The maximum atomic E-state index is 11.0. The molecule has 10 heteroatoms. The van der Waals surface area contributed by atoms with Gasteiger partial charge < -0.3 is 25.2 Å². The quantitative estimate of drug-likeness (QED) is 0.567. The molecule has 31 heavy (non-hydrogen) atoms. The van der Waals surface area contributed by atoms with Crippen LogP contribution in [-0.2, 0) is 0 Å². The Morgan fingerprint density at radius 3 is 2.94 bits per heavy atom. The van der Waals surface area contributed by atoms with E-state index in [-0.39, 0.29) is 0 Å². The fourth-order valence-corrected chi connectivity index (χ4v) is 3.83. The van der Waals surface area contributed by atoms with Gasteiger partial charge in [-0.1, -0.05) is 0 Å². The number of fused-ring (bicyclic) bond motifs is 1. The molecule has 3 N–H and O–H groups in total. The van der Waals surface area contributed by atoms with E-state index in [1.807, 2.05) is 30.0 Å². The first-order valence-electron chi connectivity index (χ1n) is 9.93. The third-order valence-electron chi connectivity index (χ3n) is 5.29. The van der Waals surface area contributed by atoms with Crippen LogP contribution in [0.1, 0.15) is 18.9 Å². The largest absolute Gasteiger partial charge is 0.492 e. The van der Waals surface area contributed by atoms with E-state index >= 15 is 0 Å². The van der Waals surface area contributed by atoms with Gasteiger partial charge in [0.15, 0.2) is 0 Å². The van der Waals surface area contributed by atoms with E-state index in [2.05, 4.69) is 21.5 Å². The second-order valence-electron chi connectivity index (χ2n) is 7.25. The Kier molecular flexibility index (Phi) is 5.60. The Labute approximate surface area is 178 Å². The number of nitrogens with zero attached hydrogens (tertiary/aromatic N) is 5. The molecule has 160 valence electrons. The highest BCUT2D eigenvalue weighted by atomic mass is 16.5. The molecule has 1 fully saturated rings. The van der Waals surface area contributed by atoms with Crippen LogP contribution in [0.5, 0.6) is 5.75 Å². The molecule has 0 unspecified atom stereocenters. The standard InChI is InChI=1S/C21H22N6O4/c1-2-31-15-7-16(20-14(8-22)10-24-27(20)11-15)13-3-4-19(23-9-13)26-6-5-18(28)17(12-26)25-21(29)30/h3-4,7,9-11,17-18,25,28H,2,5-6,12H2,1H3,(H,29,30)/t17-,18+/m0/s1. The minimum absolute atomic E-state index is 0.324. The van der Waals surface area contributed by atoms with E-state index in [9.17, 15) is 15.2 Å². The summed E-state index contributed by atoms with van der Waals surface area (Å²) < 4.78 is 7.27. The minimum Gasteiger partial charge on any atom is -0.492 e. The molecule has 0 spiro atoms. The minimum atomic E-state index is -1.17. The number of nitriles is 1. The van der Waals surface area contributed by atoms with Crippen molar-refractivity contribution in [1.82, 2.24) is 19.9 Å². The average molecular weight is 422 g/mol. The summed E-state index contributed by atoms with van der Waals surface area (Å²) in [5.41, 5.74) is 2.70. The van der Waals surface area contributed by atoms with Gasteiger partial charge in [-0.05, 0) is 31.5 Å². The summed E-state index contributed by atoms with van der Waals surface area (Å²) in [4.78, 5) is 17.5. The number of ether oxygens (including phenoxy) is 1. The highest BCUT2D eigenvalue weighted by Crippen LogP contribution is 2.31. The fraction of sp³-hybridized carbons (Fsp3) is 0.333. The normalized spacial score (nSPS) is 18.5. The first kappa shape index (κ1) is 20.4. The first-order chi connectivity index (χ1) is 15.0. The van der Waals surface area contributed by atoms with Gasteiger partial charge in [-0.25, -0.2) is 14.3 Å². The summed E-state index contributed by atoms with van der Waals surface area (Å²) >= 11 is 0. The second-order valence-corrected chi connectivity index (χ2v) is 7.25. The number of carbonyl (C=O) groups is 1. The Morgan fingerprint density at radius 2 is 2.26 bits per heavy atom. The number of pyridine rings is 2. The van der Waals surface area contributed by atoms with Crippen molar-refractivity contribution in [3.05, 3.63) is 42.4 Å². The van der Waals surface area contributed by atoms with Gasteiger partial charge in [0.2, 0.25) is 0 Å². The summed E-state index contributed by atoms with van der Waals surface area (Å²) in [5.74, 6) is 1.31. The van der Waals surface area contributed by atoms with Gasteiger partial charge in [0.1, 0.15) is 17.6 Å². The third-order valence-corrected chi connectivity index (χ3v) is 5.29. The number of aliphatic hydroxyl groups is 1. The lowest BCUT2D eigenvalue weighted by atomic mass is 10.0. The zero-order chi connectivity index (χ0) is 22.0. The van der Waals surface area contributed by atoms with Crippen LogP contribution in [0.25, 0.3) is 16.6 Å². The molecule has 1 aliphatic rings. The van der Waals surface area contributed by atoms with Gasteiger partial charge in [-0.3, -0.25) is 0 Å². The van der Waals surface area contributed by atoms with E-state index in [0.717, 1.165) is 11.1 Å². The SMILES string of the molecule is CCOc1cc(-c2ccc(N3CC[C@@H](O)[C@@H](NC(=O)O)C3)nc2)c2c(C#N)cnn2c1. The molecule has 4 heterocycles. The van der Waals surface area contributed by atoms with Crippen LogP contribution in [0.3, 0.4) is 0 Å². The zero-order valence-corrected chi connectivity index (χ0v) is 16.9. The van der Waals surface area contributed by atoms with Gasteiger partial charge in [0, 0.05) is 30.4 Å². The van der Waals surface area contributed by atoms with E-state index < -0.39 is 18.2 Å². The topological polar surface area (TPSA) is 136 Å². The van der Waals surface area contributed by atoms with Crippen LogP contribution in [0.2, 0.25) is 0 Å². The third kappa shape index (κ3) is 4.08. The maximum Gasteiger partial charge on any atom is 0.405 e. The molecule has 10 nitrogen and oxygen atoms in total. The van der Waals surface area contributed by atoms with Crippen LogP contribution in [0.15, 0.2) is 36.8 Å². The summed E-state index contributed by atoms with van der Waals surface area (Å²) in [6.45, 7) is 3.29. The van der Waals surface area contributed by atoms with Crippen molar-refractivity contribution in [2.24, 2.45) is 0 Å². The van der Waals surface area contributed by atoms with Crippen LogP contribution >= 0.6 is 0 Å². The molecule has 3 aromatic rings. The highest BCUT2D eigenvalue weighted by molar-refractivity contribution is 5.85. The zero-order valence-electron chi connectivity index (χ0n) is 16.9. The fourth-order valence-electron chi connectivity index (χ4n) is 3.83. The Morgan fingerprint density at radius 1 is 1.42 bits per heavy atom. The van der Waals surface area contributed by atoms with Crippen molar-refractivity contribution < 1.29 is 19.7 Å². The van der Waals surface area contributed by atoms with Gasteiger partial charge in [-0.2, -0.15) is 10.4 Å². The number of hydrogen-bond acceptors (Lipinski definition) is 7. The van der Waals surface area contributed by atoms with Crippen LogP contribution in [-0.4, -0.2) is 62.7 Å². The van der Waals surface area contributed by atoms with Gasteiger partial charge >= 0.3 is 6.09 Å². The number of nitrogens with one attached hydrogen (secondary N) is 1. The number of hydrogen-bond donors (Lipinski definition) is 3. The van der Waals surface area contributed by atoms with Crippen LogP contribution in [0.4, 0.5) is 10.6 Å². The lowest BCUT2D eigenvalue weighted by Crippen LogP contribution is -2.55. The maximum absolute atomic E-state index is 11.0. The Balaban J connectivity index is 1.65. The highest BCUT2D eigenvalue weighted by Gasteiger charge is 2.29. The molecule has 1 amide bonds. The van der Waals surface area contributed by atoms with Crippen LogP contribution in [0, 0.1) is 11.3 Å². The number of amides is 1. The number of aromatic nitrogens is 3. The van der Waals surface area contributed by atoms with Gasteiger partial charge in [0.05, 0.1) is 42.2 Å². The molecule has 0 aromatic carbocycles. The van der Waals surface area contributed by atoms with Gasteiger partial charge in [-0.15, -0.1) is 0 Å². The number of piperidine rings is 1. The van der Waals surface area contributed by atoms with E-state index in [1.54, 1.807) is 16.9 Å². The number of aliphatic hydroxyl groups excluding tert-OH is 1. The molecule has 0 saturated carbocycles. The number of rotatable bonds is 5. The molecular formula is C21H22N6O4. The van der Waals surface area contributed by atoms with Crippen molar-refractivity contribution in [3.63, 3.8) is 0 Å². The summed E-state index contributed by atoms with van der Waals surface area (Å²) in [6, 6.07) is 7.19. The van der Waals surface area contributed by atoms with Crippen molar-refractivity contribution >= 4 is 17.4 Å². The summed E-state index contributed by atoms with van der Waals surface area (Å²) in [5, 5.41) is 35.1. The molecular weight excluding hydrogens is 400 g/mol. The van der Waals surface area contributed by atoms with Crippen molar-refractivity contribution in [2.45, 2.75) is 25.5 Å². The van der Waals surface area contributed by atoms with Gasteiger partial charge in [0.25, 0.3) is 0 Å². The Bertz CT molecular complexity index is 1140. The molecule has 1 saturated heterocycles. The van der Waals surface area contributed by atoms with E-state index in [1.165, 1.54) is 6.20 Å². The first-order valence-corrected chi connectivity index (χ1v) is 9.93. The van der Waals surface area contributed by atoms with Crippen molar-refractivity contribution in [1.29, 1.82) is 5.26 Å². The summed E-state index contributed by atoms with van der Waals surface area (Å²) in [7, 11) is 0. The van der Waals surface area contributed by atoms with Crippen molar-refractivity contribution in [2.75, 3.05) is 24.6 Å². The molecule has 2 atom stereocenters. The predicted octanol–water partition coefficient (Wildman–Crippen LogP) is 1.87. The second kappa shape index (κ2) is 8.49. The Hall–Kier alpha value is -3.84. The van der Waals surface area contributed by atoms with E-state index in [4.69, 9.17) is 9.84 Å². The van der Waals surface area contributed by atoms with E-state index in [0.29, 0.717) is 48.8 Å². The van der Waals surface area contributed by atoms with Crippen molar-refractivity contribution in [3.8, 4) is 22.9 Å². The lowest BCUT2D eigenvalue weighted by molar-refractivity contribution is 0.103. The molecule has 0 bridgehead atoms. The monoisotopic (exact) mass is 422 g/mol. The summed E-state index contributed by atoms with van der Waals surface area (Å²) in [6.07, 6.45) is 3.50. The average Bonchev–Trinajstić information content (AvgIpc) is 3.18. The molecule has 1 aliphatic heterocycles. The number of anilines is 1. The molecule has 0 aliphatic carbocycles. The van der Waals surface area contributed by atoms with Crippen LogP contribution < -0.4 is 15.0 Å².